The molecule has 0 saturated carbocycles. The van der Waals surface area contributed by atoms with Gasteiger partial charge >= 0.3 is 0 Å². The molecule has 0 radical (unpaired) electrons. The standard InChI is InChI=1S/C13H17N5O2S/c1-3-6-21-13-15-12(17-18-13)16-14-8-9-7-10(20-2)4-5-11(9)19/h4-5,7-8,19H,3,6H2,1-2H3,(H2,15,16,17,18)/b14-8+. The Morgan fingerprint density at radius 3 is 3.14 bits per heavy atom. The van der Waals surface area contributed by atoms with Crippen molar-refractivity contribution in [1.82, 2.24) is 15.2 Å². The topological polar surface area (TPSA) is 95.4 Å². The minimum Gasteiger partial charge on any atom is -0.507 e. The normalized spacial score (nSPS) is 11.0. The summed E-state index contributed by atoms with van der Waals surface area (Å²) in [5, 5.41) is 21.2. The number of aromatic nitrogens is 3. The van der Waals surface area contributed by atoms with Crippen LogP contribution in [0.5, 0.6) is 11.5 Å². The molecule has 0 aliphatic heterocycles. The van der Waals surface area contributed by atoms with Crippen molar-refractivity contribution in [2.75, 3.05) is 18.3 Å². The van der Waals surface area contributed by atoms with Crippen molar-refractivity contribution in [2.24, 2.45) is 5.10 Å². The van der Waals surface area contributed by atoms with Crippen molar-refractivity contribution in [2.45, 2.75) is 18.5 Å². The first kappa shape index (κ1) is 15.2. The fraction of sp³-hybridized carbons (Fsp3) is 0.308. The van der Waals surface area contributed by atoms with Gasteiger partial charge < -0.3 is 9.84 Å². The Bertz CT molecular complexity index is 614. The molecular weight excluding hydrogens is 290 g/mol. The maximum Gasteiger partial charge on any atom is 0.240 e. The van der Waals surface area contributed by atoms with Crippen LogP contribution < -0.4 is 10.2 Å². The SMILES string of the molecule is CCCSc1n[nH]c(N/N=C/c2cc(OC)ccc2O)n1. The van der Waals surface area contributed by atoms with Gasteiger partial charge in [-0.15, -0.1) is 5.10 Å². The number of H-pyrrole nitrogens is 1. The van der Waals surface area contributed by atoms with E-state index in [9.17, 15) is 5.11 Å². The van der Waals surface area contributed by atoms with E-state index in [1.54, 1.807) is 37.1 Å². The first-order valence-electron chi connectivity index (χ1n) is 6.44. The predicted molar refractivity (Wildman–Crippen MR) is 83.3 cm³/mol. The number of anilines is 1. The molecule has 0 bridgehead atoms. The third-order valence-electron chi connectivity index (χ3n) is 2.51. The van der Waals surface area contributed by atoms with Crippen LogP contribution in [0.1, 0.15) is 18.9 Å². The fourth-order valence-corrected chi connectivity index (χ4v) is 2.13. The van der Waals surface area contributed by atoms with Crippen LogP contribution in [0.4, 0.5) is 5.95 Å². The molecule has 3 N–H and O–H groups in total. The van der Waals surface area contributed by atoms with Gasteiger partial charge in [0.25, 0.3) is 0 Å². The van der Waals surface area contributed by atoms with E-state index in [4.69, 9.17) is 4.74 Å². The van der Waals surface area contributed by atoms with Crippen LogP contribution in [0.15, 0.2) is 28.5 Å². The molecule has 0 fully saturated rings. The van der Waals surface area contributed by atoms with Gasteiger partial charge in [0.15, 0.2) is 0 Å². The smallest absolute Gasteiger partial charge is 0.240 e. The van der Waals surface area contributed by atoms with Crippen LogP contribution in [-0.4, -0.2) is 39.4 Å². The molecule has 0 unspecified atom stereocenters. The minimum absolute atomic E-state index is 0.123. The summed E-state index contributed by atoms with van der Waals surface area (Å²) in [7, 11) is 1.57. The first-order chi connectivity index (χ1) is 10.2. The highest BCUT2D eigenvalue weighted by Crippen LogP contribution is 2.21. The van der Waals surface area contributed by atoms with Gasteiger partial charge in [-0.25, -0.2) is 10.5 Å². The lowest BCUT2D eigenvalue weighted by molar-refractivity contribution is 0.412. The molecule has 0 amide bonds. The van der Waals surface area contributed by atoms with E-state index in [-0.39, 0.29) is 5.75 Å². The number of nitrogens with one attached hydrogen (secondary N) is 2. The van der Waals surface area contributed by atoms with E-state index < -0.39 is 0 Å². The van der Waals surface area contributed by atoms with Crippen LogP contribution in [0.2, 0.25) is 0 Å². The molecule has 0 aliphatic carbocycles. The summed E-state index contributed by atoms with van der Waals surface area (Å²) in [4.78, 5) is 4.22. The summed E-state index contributed by atoms with van der Waals surface area (Å²) in [5.41, 5.74) is 3.27. The molecule has 112 valence electrons. The zero-order valence-electron chi connectivity index (χ0n) is 11.8. The quantitative estimate of drug-likeness (QED) is 0.413. The van der Waals surface area contributed by atoms with Crippen molar-refractivity contribution >= 4 is 23.9 Å². The van der Waals surface area contributed by atoms with E-state index in [1.807, 2.05) is 0 Å². The Labute approximate surface area is 126 Å². The average Bonchev–Trinajstić information content (AvgIpc) is 2.95. The first-order valence-corrected chi connectivity index (χ1v) is 7.42. The highest BCUT2D eigenvalue weighted by atomic mass is 32.2. The number of ether oxygens (including phenoxy) is 1. The molecule has 21 heavy (non-hydrogen) atoms. The second kappa shape index (κ2) is 7.53. The average molecular weight is 307 g/mol. The Balaban J connectivity index is 1.97. The highest BCUT2D eigenvalue weighted by molar-refractivity contribution is 7.99. The van der Waals surface area contributed by atoms with E-state index in [1.165, 1.54) is 6.21 Å². The number of benzene rings is 1. The van der Waals surface area contributed by atoms with Crippen LogP contribution in [0, 0.1) is 0 Å². The van der Waals surface area contributed by atoms with Crippen molar-refractivity contribution in [3.8, 4) is 11.5 Å². The lowest BCUT2D eigenvalue weighted by Gasteiger charge is -2.02. The molecular formula is C13H17N5O2S. The van der Waals surface area contributed by atoms with Gasteiger partial charge in [-0.2, -0.15) is 10.1 Å². The van der Waals surface area contributed by atoms with Gasteiger partial charge in [0.05, 0.1) is 13.3 Å². The number of methoxy groups -OCH3 is 1. The van der Waals surface area contributed by atoms with E-state index in [2.05, 4.69) is 32.6 Å². The Morgan fingerprint density at radius 1 is 1.52 bits per heavy atom. The van der Waals surface area contributed by atoms with Gasteiger partial charge in [-0.3, -0.25) is 0 Å². The number of nitrogens with zero attached hydrogens (tertiary/aromatic N) is 3. The summed E-state index contributed by atoms with van der Waals surface area (Å²) >= 11 is 1.58. The number of rotatable bonds is 7. The van der Waals surface area contributed by atoms with Crippen LogP contribution in [0.3, 0.4) is 0 Å². The summed E-state index contributed by atoms with van der Waals surface area (Å²) in [6, 6.07) is 4.91. The number of hydrazone groups is 1. The zero-order chi connectivity index (χ0) is 15.1. The van der Waals surface area contributed by atoms with E-state index >= 15 is 0 Å². The van der Waals surface area contributed by atoms with Gasteiger partial charge in [0.2, 0.25) is 11.1 Å². The molecule has 1 aromatic carbocycles. The van der Waals surface area contributed by atoms with Crippen LogP contribution >= 0.6 is 11.8 Å². The van der Waals surface area contributed by atoms with E-state index in [0.717, 1.165) is 12.2 Å². The Hall–Kier alpha value is -2.22. The largest absolute Gasteiger partial charge is 0.507 e. The molecule has 7 nitrogen and oxygen atoms in total. The fourth-order valence-electron chi connectivity index (χ4n) is 1.48. The number of phenolic OH excluding ortho intramolecular Hbond substituents is 1. The number of aromatic amines is 1. The minimum atomic E-state index is 0.123. The summed E-state index contributed by atoms with van der Waals surface area (Å²) < 4.78 is 5.09. The van der Waals surface area contributed by atoms with Gasteiger partial charge in [0.1, 0.15) is 11.5 Å². The maximum absolute atomic E-state index is 9.72. The predicted octanol–water partition coefficient (Wildman–Crippen LogP) is 2.47. The van der Waals surface area contributed by atoms with Gasteiger partial charge in [0, 0.05) is 11.3 Å². The van der Waals surface area contributed by atoms with Gasteiger partial charge in [-0.05, 0) is 24.6 Å². The van der Waals surface area contributed by atoms with Crippen molar-refractivity contribution in [3.63, 3.8) is 0 Å². The summed E-state index contributed by atoms with van der Waals surface area (Å²) in [6.07, 6.45) is 2.55. The molecule has 1 aromatic heterocycles. The monoisotopic (exact) mass is 307 g/mol. The highest BCUT2D eigenvalue weighted by Gasteiger charge is 2.03. The Morgan fingerprint density at radius 2 is 2.38 bits per heavy atom. The zero-order valence-corrected chi connectivity index (χ0v) is 12.6. The molecule has 8 heteroatoms. The van der Waals surface area contributed by atoms with Crippen molar-refractivity contribution in [3.05, 3.63) is 23.8 Å². The molecule has 1 heterocycles. The lowest BCUT2D eigenvalue weighted by Crippen LogP contribution is -1.93. The van der Waals surface area contributed by atoms with E-state index in [0.29, 0.717) is 22.4 Å². The molecule has 0 atom stereocenters. The number of aromatic hydroxyl groups is 1. The van der Waals surface area contributed by atoms with Crippen molar-refractivity contribution < 1.29 is 9.84 Å². The number of hydrogen-bond donors (Lipinski definition) is 3. The molecule has 2 aromatic rings. The molecule has 0 saturated heterocycles. The van der Waals surface area contributed by atoms with Crippen molar-refractivity contribution in [1.29, 1.82) is 0 Å². The summed E-state index contributed by atoms with van der Waals surface area (Å²) in [6.45, 7) is 2.10. The lowest BCUT2D eigenvalue weighted by atomic mass is 10.2. The number of hydrogen-bond acceptors (Lipinski definition) is 7. The van der Waals surface area contributed by atoms with Gasteiger partial charge in [-0.1, -0.05) is 18.7 Å². The second-order valence-corrected chi connectivity index (χ2v) is 5.17. The summed E-state index contributed by atoms with van der Waals surface area (Å²) in [5.74, 6) is 2.19. The number of phenols is 1. The van der Waals surface area contributed by atoms with Crippen LogP contribution in [-0.2, 0) is 0 Å². The Kier molecular flexibility index (Phi) is 5.44. The number of thioether (sulfide) groups is 1. The molecule has 2 rings (SSSR count). The maximum atomic E-state index is 9.72. The molecule has 0 spiro atoms. The second-order valence-electron chi connectivity index (χ2n) is 4.11. The van der Waals surface area contributed by atoms with Crippen LogP contribution in [0.25, 0.3) is 0 Å². The third-order valence-corrected chi connectivity index (χ3v) is 3.56. The third kappa shape index (κ3) is 4.38. The molecule has 0 aliphatic rings.